The molecular weight excluding hydrogens is 235 g/mol. The van der Waals surface area contributed by atoms with Gasteiger partial charge < -0.3 is 0 Å². The Hall–Kier alpha value is -1.10. The van der Waals surface area contributed by atoms with Crippen LogP contribution in [0.3, 0.4) is 0 Å². The Morgan fingerprint density at radius 1 is 1.25 bits per heavy atom. The summed E-state index contributed by atoms with van der Waals surface area (Å²) in [5.74, 6) is 0.292. The fourth-order valence-corrected chi connectivity index (χ4v) is 2.24. The molecule has 0 saturated carbocycles. The third-order valence-electron chi connectivity index (χ3n) is 2.32. The van der Waals surface area contributed by atoms with Crippen LogP contribution >= 0.6 is 11.3 Å². The van der Waals surface area contributed by atoms with Crippen molar-refractivity contribution in [2.24, 2.45) is 0 Å². The second-order valence-corrected chi connectivity index (χ2v) is 4.93. The number of hydrogen-bond acceptors (Lipinski definition) is 2. The molecule has 0 unspecified atom stereocenters. The molecule has 0 N–H and O–H groups in total. The summed E-state index contributed by atoms with van der Waals surface area (Å²) in [6, 6.07) is 5.29. The summed E-state index contributed by atoms with van der Waals surface area (Å²) in [4.78, 5) is 3.62. The second-order valence-electron chi connectivity index (χ2n) is 3.90. The molecule has 86 valence electrons. The third-order valence-corrected chi connectivity index (χ3v) is 3.40. The first-order valence-corrected chi connectivity index (χ1v) is 5.67. The number of benzene rings is 1. The highest BCUT2D eigenvalue weighted by Crippen LogP contribution is 2.36. The van der Waals surface area contributed by atoms with Crippen LogP contribution < -0.4 is 0 Å². The number of thiazole rings is 1. The molecule has 0 spiro atoms. The first-order valence-electron chi connectivity index (χ1n) is 4.85. The maximum absolute atomic E-state index is 12.4. The number of halogens is 3. The SMILES string of the molecule is CC(C)c1ccc2sc(C(F)(F)F)nc2c1. The van der Waals surface area contributed by atoms with Crippen molar-refractivity contribution in [3.05, 3.63) is 28.8 Å². The van der Waals surface area contributed by atoms with Crippen LogP contribution in [0.5, 0.6) is 0 Å². The average Bonchev–Trinajstić information content (AvgIpc) is 2.58. The van der Waals surface area contributed by atoms with E-state index in [4.69, 9.17) is 0 Å². The number of hydrogen-bond donors (Lipinski definition) is 0. The van der Waals surface area contributed by atoms with Crippen molar-refractivity contribution in [1.29, 1.82) is 0 Å². The first kappa shape index (κ1) is 11.4. The molecule has 1 heterocycles. The quantitative estimate of drug-likeness (QED) is 0.723. The normalized spacial score (nSPS) is 12.6. The van der Waals surface area contributed by atoms with Crippen LogP contribution in [0.2, 0.25) is 0 Å². The van der Waals surface area contributed by atoms with E-state index in [2.05, 4.69) is 4.98 Å². The minimum Gasteiger partial charge on any atom is -0.232 e. The lowest BCUT2D eigenvalue weighted by molar-refractivity contribution is -0.137. The molecule has 0 aliphatic carbocycles. The summed E-state index contributed by atoms with van der Waals surface area (Å²) in [7, 11) is 0. The molecule has 0 aliphatic rings. The van der Waals surface area contributed by atoms with E-state index in [9.17, 15) is 13.2 Å². The molecule has 1 aromatic carbocycles. The Balaban J connectivity index is 2.54. The predicted octanol–water partition coefficient (Wildman–Crippen LogP) is 4.44. The van der Waals surface area contributed by atoms with E-state index in [1.54, 1.807) is 12.1 Å². The topological polar surface area (TPSA) is 12.9 Å². The van der Waals surface area contributed by atoms with E-state index >= 15 is 0 Å². The zero-order chi connectivity index (χ0) is 11.9. The van der Waals surface area contributed by atoms with Crippen molar-refractivity contribution in [3.63, 3.8) is 0 Å². The molecule has 0 fully saturated rings. The van der Waals surface area contributed by atoms with E-state index in [1.807, 2.05) is 19.9 Å². The minimum atomic E-state index is -4.35. The first-order chi connectivity index (χ1) is 7.38. The molecule has 0 amide bonds. The molecule has 2 aromatic rings. The summed E-state index contributed by atoms with van der Waals surface area (Å²) in [5, 5.41) is -0.775. The third kappa shape index (κ3) is 2.04. The van der Waals surface area contributed by atoms with Crippen LogP contribution in [0.1, 0.15) is 30.3 Å². The van der Waals surface area contributed by atoms with Gasteiger partial charge in [0.2, 0.25) is 0 Å². The van der Waals surface area contributed by atoms with Gasteiger partial charge in [-0.1, -0.05) is 19.9 Å². The van der Waals surface area contributed by atoms with Crippen molar-refractivity contribution in [3.8, 4) is 0 Å². The number of fused-ring (bicyclic) bond motifs is 1. The second kappa shape index (κ2) is 3.73. The Morgan fingerprint density at radius 2 is 1.94 bits per heavy atom. The molecule has 1 aromatic heterocycles. The number of aromatic nitrogens is 1. The smallest absolute Gasteiger partial charge is 0.232 e. The summed E-state index contributed by atoms with van der Waals surface area (Å²) in [6.07, 6.45) is -4.35. The predicted molar refractivity (Wildman–Crippen MR) is 58.7 cm³/mol. The molecule has 0 aliphatic heterocycles. The molecule has 0 saturated heterocycles. The average molecular weight is 245 g/mol. The van der Waals surface area contributed by atoms with Gasteiger partial charge in [0.25, 0.3) is 0 Å². The highest BCUT2D eigenvalue weighted by Gasteiger charge is 2.34. The van der Waals surface area contributed by atoms with Gasteiger partial charge in [0.1, 0.15) is 0 Å². The van der Waals surface area contributed by atoms with Crippen LogP contribution in [0.4, 0.5) is 13.2 Å². The van der Waals surface area contributed by atoms with Gasteiger partial charge in [-0.25, -0.2) is 4.98 Å². The van der Waals surface area contributed by atoms with E-state index < -0.39 is 11.2 Å². The summed E-state index contributed by atoms with van der Waals surface area (Å²) in [5.41, 5.74) is 1.44. The van der Waals surface area contributed by atoms with Crippen LogP contribution in [0.15, 0.2) is 18.2 Å². The van der Waals surface area contributed by atoms with E-state index in [0.29, 0.717) is 27.5 Å². The highest BCUT2D eigenvalue weighted by molar-refractivity contribution is 7.18. The van der Waals surface area contributed by atoms with Crippen molar-refractivity contribution in [2.75, 3.05) is 0 Å². The van der Waals surface area contributed by atoms with Crippen LogP contribution in [0, 0.1) is 0 Å². The number of nitrogens with zero attached hydrogens (tertiary/aromatic N) is 1. The monoisotopic (exact) mass is 245 g/mol. The molecule has 16 heavy (non-hydrogen) atoms. The Morgan fingerprint density at radius 3 is 2.50 bits per heavy atom. The van der Waals surface area contributed by atoms with E-state index in [1.165, 1.54) is 0 Å². The molecule has 0 atom stereocenters. The highest BCUT2D eigenvalue weighted by atomic mass is 32.1. The van der Waals surface area contributed by atoms with Crippen LogP contribution in [0.25, 0.3) is 10.2 Å². The number of alkyl halides is 3. The van der Waals surface area contributed by atoms with Gasteiger partial charge >= 0.3 is 6.18 Å². The molecular formula is C11H10F3NS. The molecule has 1 nitrogen and oxygen atoms in total. The van der Waals surface area contributed by atoms with Crippen LogP contribution in [-0.4, -0.2) is 4.98 Å². The fourth-order valence-electron chi connectivity index (χ4n) is 1.42. The van der Waals surface area contributed by atoms with Crippen molar-refractivity contribution in [1.82, 2.24) is 4.98 Å². The van der Waals surface area contributed by atoms with Gasteiger partial charge in [0.15, 0.2) is 5.01 Å². The van der Waals surface area contributed by atoms with Crippen LogP contribution in [-0.2, 0) is 6.18 Å². The lowest BCUT2D eigenvalue weighted by Crippen LogP contribution is -2.03. The van der Waals surface area contributed by atoms with Gasteiger partial charge in [0, 0.05) is 0 Å². The van der Waals surface area contributed by atoms with Gasteiger partial charge in [-0.15, -0.1) is 11.3 Å². The van der Waals surface area contributed by atoms with Gasteiger partial charge in [-0.3, -0.25) is 0 Å². The Kier molecular flexibility index (Phi) is 2.66. The molecule has 0 bridgehead atoms. The fraction of sp³-hybridized carbons (Fsp3) is 0.364. The van der Waals surface area contributed by atoms with Crippen molar-refractivity contribution >= 4 is 21.6 Å². The van der Waals surface area contributed by atoms with Gasteiger partial charge in [-0.05, 0) is 23.6 Å². The Bertz CT molecular complexity index is 513. The maximum atomic E-state index is 12.4. The standard InChI is InChI=1S/C11H10F3NS/c1-6(2)7-3-4-9-8(5-7)15-10(16-9)11(12,13)14/h3-6H,1-2H3. The molecule has 0 radical (unpaired) electrons. The van der Waals surface area contributed by atoms with Gasteiger partial charge in [0.05, 0.1) is 10.2 Å². The van der Waals surface area contributed by atoms with Crippen molar-refractivity contribution < 1.29 is 13.2 Å². The van der Waals surface area contributed by atoms with E-state index in [-0.39, 0.29) is 0 Å². The van der Waals surface area contributed by atoms with Gasteiger partial charge in [-0.2, -0.15) is 13.2 Å². The zero-order valence-corrected chi connectivity index (χ0v) is 9.62. The lowest BCUT2D eigenvalue weighted by atomic mass is 10.0. The summed E-state index contributed by atoms with van der Waals surface area (Å²) < 4.78 is 37.9. The zero-order valence-electron chi connectivity index (χ0n) is 8.80. The largest absolute Gasteiger partial charge is 0.443 e. The molecule has 2 rings (SSSR count). The van der Waals surface area contributed by atoms with Crippen molar-refractivity contribution in [2.45, 2.75) is 25.9 Å². The minimum absolute atomic E-state index is 0.292. The summed E-state index contributed by atoms with van der Waals surface area (Å²) in [6.45, 7) is 4.00. The summed E-state index contributed by atoms with van der Waals surface area (Å²) >= 11 is 0.689. The maximum Gasteiger partial charge on any atom is 0.443 e. The van der Waals surface area contributed by atoms with E-state index in [0.717, 1.165) is 5.56 Å². The lowest BCUT2D eigenvalue weighted by Gasteiger charge is -2.03. The molecule has 5 heteroatoms. The Labute approximate surface area is 94.9 Å². The number of rotatable bonds is 1.